The summed E-state index contributed by atoms with van der Waals surface area (Å²) in [6, 6.07) is 9.13. The van der Waals surface area contributed by atoms with Crippen LogP contribution >= 0.6 is 0 Å². The Balaban J connectivity index is 1.37. The third-order valence-electron chi connectivity index (χ3n) is 9.66. The third kappa shape index (κ3) is 4.60. The second kappa shape index (κ2) is 10.2. The van der Waals surface area contributed by atoms with Gasteiger partial charge in [0.15, 0.2) is 5.69 Å². The molecule has 4 bridgehead atoms. The molecule has 7 heteroatoms. The number of fused-ring (bicyclic) bond motifs is 5. The Morgan fingerprint density at radius 3 is 2.30 bits per heavy atom. The molecule has 1 aromatic carbocycles. The molecule has 4 aliphatic rings. The summed E-state index contributed by atoms with van der Waals surface area (Å²) < 4.78 is 1.99. The van der Waals surface area contributed by atoms with Crippen LogP contribution in [-0.4, -0.2) is 51.0 Å². The topological polar surface area (TPSA) is 79.9 Å². The van der Waals surface area contributed by atoms with E-state index < -0.39 is 6.03 Å². The van der Waals surface area contributed by atoms with Crippen LogP contribution in [0.15, 0.2) is 39.0 Å². The lowest BCUT2D eigenvalue weighted by Crippen LogP contribution is -2.58. The van der Waals surface area contributed by atoms with Crippen molar-refractivity contribution in [3.8, 4) is 0 Å². The third-order valence-corrected chi connectivity index (χ3v) is 9.66. The van der Waals surface area contributed by atoms with E-state index in [1.807, 2.05) is 35.8 Å². The minimum Gasteiger partial charge on any atom is -0.302 e. The fraction of sp³-hybridized carbons (Fsp3) is 0.633. The largest absolute Gasteiger partial charge is 0.366 e. The first-order chi connectivity index (χ1) is 18.1. The van der Waals surface area contributed by atoms with Gasteiger partial charge in [-0.3, -0.25) is 9.69 Å². The van der Waals surface area contributed by atoms with Crippen LogP contribution in [0.5, 0.6) is 0 Å². The number of aliphatic imine (C=N–C) groups is 2. The van der Waals surface area contributed by atoms with E-state index in [9.17, 15) is 9.59 Å². The van der Waals surface area contributed by atoms with Crippen molar-refractivity contribution >= 4 is 29.5 Å². The lowest BCUT2D eigenvalue weighted by Gasteiger charge is -2.55. The van der Waals surface area contributed by atoms with Crippen molar-refractivity contribution in [3.63, 3.8) is 0 Å². The molecule has 4 unspecified atom stereocenters. The molecular formula is C30H39N5O2. The van der Waals surface area contributed by atoms with Gasteiger partial charge in [-0.25, -0.2) is 14.8 Å². The van der Waals surface area contributed by atoms with Gasteiger partial charge in [0.1, 0.15) is 0 Å². The Bertz CT molecular complexity index is 1260. The number of aromatic nitrogens is 2. The minimum atomic E-state index is -0.683. The van der Waals surface area contributed by atoms with Crippen LogP contribution < -0.4 is 5.56 Å². The van der Waals surface area contributed by atoms with Crippen molar-refractivity contribution < 1.29 is 4.79 Å². The second-order valence-electron chi connectivity index (χ2n) is 11.8. The average molecular weight is 502 g/mol. The zero-order valence-corrected chi connectivity index (χ0v) is 22.0. The predicted molar refractivity (Wildman–Crippen MR) is 148 cm³/mol. The van der Waals surface area contributed by atoms with Gasteiger partial charge in [0.25, 0.3) is 5.56 Å². The molecule has 4 fully saturated rings. The second-order valence-corrected chi connectivity index (χ2v) is 11.8. The number of carbonyl (C=O) groups excluding carboxylic acids is 1. The van der Waals surface area contributed by atoms with Crippen molar-refractivity contribution in [3.05, 3.63) is 40.3 Å². The molecule has 1 aromatic heterocycles. The fourth-order valence-corrected chi connectivity index (χ4v) is 8.29. The molecule has 2 saturated heterocycles. The summed E-state index contributed by atoms with van der Waals surface area (Å²) in [6.07, 6.45) is 14.6. The maximum absolute atomic E-state index is 14.0. The van der Waals surface area contributed by atoms with Gasteiger partial charge < -0.3 is 4.57 Å². The highest BCUT2D eigenvalue weighted by molar-refractivity contribution is 6.05. The van der Waals surface area contributed by atoms with Crippen molar-refractivity contribution in [1.82, 2.24) is 14.5 Å². The Morgan fingerprint density at radius 2 is 1.62 bits per heavy atom. The number of urea groups is 1. The fourth-order valence-electron chi connectivity index (χ4n) is 8.29. The summed E-state index contributed by atoms with van der Waals surface area (Å²) >= 11 is 0. The molecule has 2 aliphatic heterocycles. The van der Waals surface area contributed by atoms with Crippen LogP contribution in [0.25, 0.3) is 11.0 Å². The van der Waals surface area contributed by atoms with Crippen molar-refractivity contribution in [2.24, 2.45) is 21.8 Å². The molecule has 196 valence electrons. The first-order valence-corrected chi connectivity index (χ1v) is 14.4. The highest BCUT2D eigenvalue weighted by Gasteiger charge is 2.45. The van der Waals surface area contributed by atoms with E-state index in [4.69, 9.17) is 4.98 Å². The molecule has 3 heterocycles. The Morgan fingerprint density at radius 1 is 0.946 bits per heavy atom. The quantitative estimate of drug-likeness (QED) is 0.486. The van der Waals surface area contributed by atoms with Gasteiger partial charge in [-0.05, 0) is 82.1 Å². The summed E-state index contributed by atoms with van der Waals surface area (Å²) in [7, 11) is 0. The summed E-state index contributed by atoms with van der Waals surface area (Å²) in [5.41, 5.74) is 2.16. The van der Waals surface area contributed by atoms with Crippen LogP contribution in [0, 0.1) is 11.8 Å². The normalized spacial score (nSPS) is 32.3. The molecule has 2 aliphatic carbocycles. The lowest BCUT2D eigenvalue weighted by atomic mass is 9.68. The minimum absolute atomic E-state index is 0.125. The van der Waals surface area contributed by atoms with E-state index in [1.54, 1.807) is 0 Å². The van der Waals surface area contributed by atoms with Gasteiger partial charge in [-0.1, -0.05) is 44.7 Å². The lowest BCUT2D eigenvalue weighted by molar-refractivity contribution is -0.0485. The van der Waals surface area contributed by atoms with E-state index in [0.717, 1.165) is 41.8 Å². The number of carbonyl (C=O) groups is 1. The van der Waals surface area contributed by atoms with Gasteiger partial charge in [-0.2, -0.15) is 4.99 Å². The average Bonchev–Trinajstić information content (AvgIpc) is 2.90. The zero-order chi connectivity index (χ0) is 25.5. The molecule has 4 atom stereocenters. The van der Waals surface area contributed by atoms with E-state index in [-0.39, 0.29) is 17.3 Å². The van der Waals surface area contributed by atoms with Gasteiger partial charge in [0, 0.05) is 24.2 Å². The summed E-state index contributed by atoms with van der Waals surface area (Å²) in [4.78, 5) is 41.1. The summed E-state index contributed by atoms with van der Waals surface area (Å²) in [5, 5.41) is 0. The van der Waals surface area contributed by atoms with Crippen LogP contribution in [-0.2, 0) is 0 Å². The number of rotatable bonds is 4. The number of hydrogen-bond donors (Lipinski definition) is 0. The number of nitrogens with zero attached hydrogens (tertiary/aromatic N) is 5. The van der Waals surface area contributed by atoms with E-state index >= 15 is 0 Å². The first kappa shape index (κ1) is 24.7. The van der Waals surface area contributed by atoms with Crippen LogP contribution in [0.3, 0.4) is 0 Å². The van der Waals surface area contributed by atoms with E-state index in [0.29, 0.717) is 24.2 Å². The Hall–Kier alpha value is -2.67. The maximum atomic E-state index is 14.0. The molecule has 0 N–H and O–H groups in total. The number of benzene rings is 1. The maximum Gasteiger partial charge on any atom is 0.366 e. The monoisotopic (exact) mass is 501 g/mol. The molecule has 6 rings (SSSR count). The smallest absolute Gasteiger partial charge is 0.302 e. The number of hydrogen-bond acceptors (Lipinski definition) is 4. The van der Waals surface area contributed by atoms with Crippen LogP contribution in [0.4, 0.5) is 4.79 Å². The Labute approximate surface area is 219 Å². The Kier molecular flexibility index (Phi) is 6.82. The van der Waals surface area contributed by atoms with Crippen molar-refractivity contribution in [2.45, 2.75) is 108 Å². The molecule has 7 nitrogen and oxygen atoms in total. The summed E-state index contributed by atoms with van der Waals surface area (Å²) in [6.45, 7) is 5.17. The van der Waals surface area contributed by atoms with E-state index in [2.05, 4.69) is 21.6 Å². The molecule has 0 spiro atoms. The van der Waals surface area contributed by atoms with E-state index in [1.165, 1.54) is 57.8 Å². The molecule has 2 saturated carbocycles. The summed E-state index contributed by atoms with van der Waals surface area (Å²) in [5.74, 6) is 1.84. The predicted octanol–water partition coefficient (Wildman–Crippen LogP) is 5.94. The van der Waals surface area contributed by atoms with Gasteiger partial charge in [0.2, 0.25) is 0 Å². The highest BCUT2D eigenvalue weighted by Crippen LogP contribution is 2.47. The zero-order valence-electron chi connectivity index (χ0n) is 22.0. The number of para-hydroxylation sites is 2. The van der Waals surface area contributed by atoms with Crippen LogP contribution in [0.1, 0.15) is 95.7 Å². The molecule has 2 amide bonds. The van der Waals surface area contributed by atoms with Gasteiger partial charge >= 0.3 is 6.03 Å². The molecule has 0 radical (unpaired) electrons. The standard InChI is InChI=1S/C30H39N5O2/c1-3-25(33-30(37)31-2)28-29(36)35(27-13-5-4-12-26(27)32-28)24-17-21-10-7-11-22(18-24)34(21)23-15-19-8-6-9-20(14-19)16-23/h4-5,12-13,19-24H,2-3,6-11,14-18H2,1H3. The van der Waals surface area contributed by atoms with Crippen LogP contribution in [0.2, 0.25) is 0 Å². The van der Waals surface area contributed by atoms with Crippen molar-refractivity contribution in [2.75, 3.05) is 0 Å². The SMILES string of the molecule is C=NC(=O)N=C(CC)c1nc2ccccc2n(C2CC3CCCC(C2)N3C2CC3CCCC(C3)C2)c1=O. The van der Waals surface area contributed by atoms with Gasteiger partial charge in [0.05, 0.1) is 16.7 Å². The number of piperidine rings is 2. The molecule has 2 aromatic rings. The van der Waals surface area contributed by atoms with Gasteiger partial charge in [-0.15, -0.1) is 0 Å². The highest BCUT2D eigenvalue weighted by atomic mass is 16.2. The molecule has 37 heavy (non-hydrogen) atoms. The molecular weight excluding hydrogens is 462 g/mol. The van der Waals surface area contributed by atoms with Crippen molar-refractivity contribution in [1.29, 1.82) is 0 Å². The number of amides is 2. The first-order valence-electron chi connectivity index (χ1n) is 14.4.